The molecule has 0 unspecified atom stereocenters. The highest BCUT2D eigenvalue weighted by molar-refractivity contribution is 6.11. The first kappa shape index (κ1) is 32.7. The van der Waals surface area contributed by atoms with Crippen LogP contribution in [-0.4, -0.2) is 0 Å². The Kier molecular flexibility index (Phi) is 7.32. The molecule has 0 aliphatic heterocycles. The molecule has 0 atom stereocenters. The lowest BCUT2D eigenvalue weighted by Crippen LogP contribution is -2.13. The summed E-state index contributed by atoms with van der Waals surface area (Å²) in [5.74, 6) is 0.897. The van der Waals surface area contributed by atoms with Crippen LogP contribution in [0.1, 0.15) is 51.1 Å². The molecule has 4 nitrogen and oxygen atoms in total. The molecule has 0 N–H and O–H groups in total. The van der Waals surface area contributed by atoms with Crippen molar-refractivity contribution in [1.82, 2.24) is 0 Å². The molecule has 274 valence electrons. The number of nitrogens with zero attached hydrogens (tertiary/aromatic N) is 2. The Bertz CT molecular complexity index is 3230. The minimum atomic E-state index is 0.784. The van der Waals surface area contributed by atoms with Gasteiger partial charge in [-0.2, -0.15) is 0 Å². The smallest absolute Gasteiger partial charge is 0.159 e. The van der Waals surface area contributed by atoms with Crippen LogP contribution < -0.4 is 9.80 Å². The number of para-hydroxylation sites is 5. The van der Waals surface area contributed by atoms with Crippen molar-refractivity contribution < 1.29 is 8.83 Å². The summed E-state index contributed by atoms with van der Waals surface area (Å²) in [6.45, 7) is 0. The van der Waals surface area contributed by atoms with Crippen LogP contribution in [0.5, 0.6) is 0 Å². The highest BCUT2D eigenvalue weighted by Gasteiger charge is 2.29. The van der Waals surface area contributed by atoms with Crippen LogP contribution in [0.3, 0.4) is 0 Å². The van der Waals surface area contributed by atoms with Crippen LogP contribution in [0.15, 0.2) is 167 Å². The lowest BCUT2D eigenvalue weighted by Gasteiger charge is -2.29. The van der Waals surface area contributed by atoms with Crippen molar-refractivity contribution in [3.05, 3.63) is 202 Å². The monoisotopic (exact) mass is 744 g/mol. The van der Waals surface area contributed by atoms with E-state index in [1.54, 1.807) is 0 Å². The predicted octanol–water partition coefficient (Wildman–Crippen LogP) is 15.3. The highest BCUT2D eigenvalue weighted by atomic mass is 16.3. The molecule has 3 aliphatic carbocycles. The van der Waals surface area contributed by atoms with Gasteiger partial charge in [0.15, 0.2) is 11.2 Å². The topological polar surface area (TPSA) is 32.8 Å². The van der Waals surface area contributed by atoms with Crippen molar-refractivity contribution in [3.63, 3.8) is 0 Å². The Morgan fingerprint density at radius 3 is 1.59 bits per heavy atom. The van der Waals surface area contributed by atoms with Crippen molar-refractivity contribution in [2.75, 3.05) is 9.80 Å². The Morgan fingerprint density at radius 1 is 0.379 bits per heavy atom. The SMILES string of the molecule is C1=Cc2oc3c(N(c4ccccc4)c4ccc5c6c4C=Cc4ccc(N(c7ccccc7)c7cccc8c7oc7ccccc78)c(c4C6)C=C5)cccc3c2C=CC1. The average Bonchev–Trinajstić information content (AvgIpc) is 3.52. The van der Waals surface area contributed by atoms with Crippen molar-refractivity contribution in [1.29, 1.82) is 0 Å². The second-order valence-electron chi connectivity index (χ2n) is 15.1. The fourth-order valence-electron chi connectivity index (χ4n) is 9.26. The molecular weight excluding hydrogens is 709 g/mol. The third-order valence-electron chi connectivity index (χ3n) is 11.9. The van der Waals surface area contributed by atoms with E-state index < -0.39 is 0 Å². The van der Waals surface area contributed by atoms with Crippen molar-refractivity contribution in [3.8, 4) is 0 Å². The number of fused-ring (bicyclic) bond motifs is 6. The molecule has 0 saturated heterocycles. The Balaban J connectivity index is 1.05. The molecule has 2 aromatic heterocycles. The van der Waals surface area contributed by atoms with Crippen LogP contribution in [-0.2, 0) is 6.42 Å². The minimum absolute atomic E-state index is 0.784. The van der Waals surface area contributed by atoms with Gasteiger partial charge in [0.05, 0.1) is 22.7 Å². The molecule has 9 aromatic rings. The zero-order valence-electron chi connectivity index (χ0n) is 31.6. The third kappa shape index (κ3) is 5.01. The molecule has 0 fully saturated rings. The zero-order valence-corrected chi connectivity index (χ0v) is 31.6. The van der Waals surface area contributed by atoms with Gasteiger partial charge in [-0.25, -0.2) is 0 Å². The van der Waals surface area contributed by atoms with E-state index in [1.807, 2.05) is 6.07 Å². The number of hydrogen-bond acceptors (Lipinski definition) is 4. The summed E-state index contributed by atoms with van der Waals surface area (Å²) in [4.78, 5) is 4.75. The van der Waals surface area contributed by atoms with Crippen molar-refractivity contribution >= 4 is 103 Å². The standard InChI is InChI=1S/C54H36N2O2/c1-4-14-37(15-5-1)55(49-22-12-20-43-41-18-8-3-9-24-51(41)57-53(43)49)47-32-28-35-27-31-40-46-34-45(35)39(47)30-26-36(46)29-33-48(40)56(38-16-6-2-7-17-38)50-23-13-21-44-42-19-10-11-25-52(42)58-54(44)50/h1-2,4-33H,3,34H2. The first-order chi connectivity index (χ1) is 28.8. The number of rotatable bonds is 6. The average molecular weight is 745 g/mol. The van der Waals surface area contributed by atoms with Gasteiger partial charge in [0.1, 0.15) is 11.3 Å². The summed E-state index contributed by atoms with van der Waals surface area (Å²) in [5, 5.41) is 3.34. The molecule has 0 spiro atoms. The van der Waals surface area contributed by atoms with E-state index in [0.29, 0.717) is 0 Å². The van der Waals surface area contributed by atoms with Gasteiger partial charge in [0.2, 0.25) is 0 Å². The molecule has 2 bridgehead atoms. The normalized spacial score (nSPS) is 13.4. The van der Waals surface area contributed by atoms with E-state index in [1.165, 1.54) is 33.4 Å². The van der Waals surface area contributed by atoms with E-state index in [4.69, 9.17) is 8.83 Å². The molecule has 7 aromatic carbocycles. The highest BCUT2D eigenvalue weighted by Crippen LogP contribution is 2.49. The molecule has 12 rings (SSSR count). The maximum atomic E-state index is 6.73. The summed E-state index contributed by atoms with van der Waals surface area (Å²) >= 11 is 0. The second kappa shape index (κ2) is 13.0. The lowest BCUT2D eigenvalue weighted by atomic mass is 9.92. The molecule has 2 heterocycles. The van der Waals surface area contributed by atoms with Gasteiger partial charge < -0.3 is 18.6 Å². The van der Waals surface area contributed by atoms with E-state index in [9.17, 15) is 0 Å². The lowest BCUT2D eigenvalue weighted by molar-refractivity contribution is 0.603. The Morgan fingerprint density at radius 2 is 0.931 bits per heavy atom. The Labute approximate surface area is 336 Å². The second-order valence-corrected chi connectivity index (χ2v) is 15.1. The van der Waals surface area contributed by atoms with E-state index in [2.05, 4.69) is 198 Å². The quantitative estimate of drug-likeness (QED) is 0.170. The van der Waals surface area contributed by atoms with Gasteiger partial charge in [-0.15, -0.1) is 0 Å². The number of hydrogen-bond donors (Lipinski definition) is 0. The van der Waals surface area contributed by atoms with Crippen LogP contribution in [0.4, 0.5) is 34.1 Å². The van der Waals surface area contributed by atoms with Crippen LogP contribution in [0, 0.1) is 0 Å². The van der Waals surface area contributed by atoms with E-state index >= 15 is 0 Å². The molecule has 4 heteroatoms. The predicted molar refractivity (Wildman–Crippen MR) is 243 cm³/mol. The molecule has 58 heavy (non-hydrogen) atoms. The van der Waals surface area contributed by atoms with Crippen LogP contribution >= 0.6 is 0 Å². The summed E-state index contributed by atoms with van der Waals surface area (Å²) in [7, 11) is 0. The van der Waals surface area contributed by atoms with Gasteiger partial charge >= 0.3 is 0 Å². The zero-order chi connectivity index (χ0) is 38.2. The summed E-state index contributed by atoms with van der Waals surface area (Å²) in [6.07, 6.45) is 19.6. The van der Waals surface area contributed by atoms with Crippen LogP contribution in [0.2, 0.25) is 0 Å². The minimum Gasteiger partial charge on any atom is -0.454 e. The molecule has 0 amide bonds. The first-order valence-electron chi connectivity index (χ1n) is 20.0. The van der Waals surface area contributed by atoms with Crippen molar-refractivity contribution in [2.24, 2.45) is 0 Å². The third-order valence-corrected chi connectivity index (χ3v) is 11.9. The van der Waals surface area contributed by atoms with Gasteiger partial charge in [-0.3, -0.25) is 0 Å². The Hall–Kier alpha value is -7.56. The number of allylic oxidation sites excluding steroid dienone is 2. The van der Waals surface area contributed by atoms with Gasteiger partial charge in [-0.1, -0.05) is 134 Å². The fraction of sp³-hybridized carbons (Fsp3) is 0.0370. The first-order valence-corrected chi connectivity index (χ1v) is 20.0. The van der Waals surface area contributed by atoms with E-state index in [-0.39, 0.29) is 0 Å². The van der Waals surface area contributed by atoms with Gasteiger partial charge in [0, 0.05) is 44.2 Å². The number of furan rings is 2. The fourth-order valence-corrected chi connectivity index (χ4v) is 9.26. The number of anilines is 6. The summed E-state index contributed by atoms with van der Waals surface area (Å²) in [5.41, 5.74) is 17.6. The molecule has 0 saturated carbocycles. The van der Waals surface area contributed by atoms with Crippen LogP contribution in [0.25, 0.3) is 69.4 Å². The van der Waals surface area contributed by atoms with E-state index in [0.717, 1.165) is 91.2 Å². The summed E-state index contributed by atoms with van der Waals surface area (Å²) in [6, 6.07) is 51.8. The number of benzene rings is 7. The van der Waals surface area contributed by atoms with Gasteiger partial charge in [-0.05, 0) is 95.8 Å². The van der Waals surface area contributed by atoms with Gasteiger partial charge in [0.25, 0.3) is 0 Å². The molecule has 0 radical (unpaired) electrons. The van der Waals surface area contributed by atoms with Crippen molar-refractivity contribution in [2.45, 2.75) is 12.8 Å². The maximum absolute atomic E-state index is 6.73. The molecular formula is C54H36N2O2. The largest absolute Gasteiger partial charge is 0.454 e. The molecule has 3 aliphatic rings. The maximum Gasteiger partial charge on any atom is 0.159 e. The summed E-state index contributed by atoms with van der Waals surface area (Å²) < 4.78 is 13.4.